The van der Waals surface area contributed by atoms with Gasteiger partial charge in [-0.2, -0.15) is 11.8 Å². The Bertz CT molecular complexity index is 442. The molecule has 4 nitrogen and oxygen atoms in total. The summed E-state index contributed by atoms with van der Waals surface area (Å²) in [6.45, 7) is 5.62. The molecule has 0 atom stereocenters. The molecule has 0 N–H and O–H groups in total. The number of hydrogen-bond acceptors (Lipinski definition) is 5. The van der Waals surface area contributed by atoms with E-state index in [-0.39, 0.29) is 19.4 Å². The van der Waals surface area contributed by atoms with Gasteiger partial charge in [-0.15, -0.1) is 0 Å². The molecule has 0 unspecified atom stereocenters. The second-order valence-electron chi connectivity index (χ2n) is 10.6. The molecule has 0 fully saturated rings. The predicted octanol–water partition coefficient (Wildman–Crippen LogP) is 10.8. The molecule has 0 aromatic carbocycles. The van der Waals surface area contributed by atoms with Gasteiger partial charge in [0.1, 0.15) is 0 Å². The third-order valence-corrected chi connectivity index (χ3v) is 7.91. The SMILES string of the molecule is C.CCCCCCCCCCCCCOC(=O)CCSCCC(=O)OCCCCCCCCCCCCC. The van der Waals surface area contributed by atoms with E-state index >= 15 is 0 Å². The highest BCUT2D eigenvalue weighted by atomic mass is 32.2. The minimum atomic E-state index is -0.112. The fraction of sp³-hybridized carbons (Fsp3) is 0.939. The van der Waals surface area contributed by atoms with E-state index in [4.69, 9.17) is 9.47 Å². The van der Waals surface area contributed by atoms with Gasteiger partial charge in [-0.25, -0.2) is 0 Å². The Morgan fingerprint density at radius 2 is 0.711 bits per heavy atom. The van der Waals surface area contributed by atoms with Crippen LogP contribution in [0.4, 0.5) is 0 Å². The predicted molar refractivity (Wildman–Crippen MR) is 168 cm³/mol. The largest absolute Gasteiger partial charge is 0.466 e. The van der Waals surface area contributed by atoms with Crippen LogP contribution < -0.4 is 0 Å². The van der Waals surface area contributed by atoms with Crippen LogP contribution in [0.5, 0.6) is 0 Å². The molecule has 38 heavy (non-hydrogen) atoms. The Kier molecular flexibility index (Phi) is 35.6. The van der Waals surface area contributed by atoms with Crippen LogP contribution in [0.2, 0.25) is 0 Å². The highest BCUT2D eigenvalue weighted by molar-refractivity contribution is 7.99. The number of thioether (sulfide) groups is 1. The summed E-state index contributed by atoms with van der Waals surface area (Å²) in [6, 6.07) is 0. The average Bonchev–Trinajstić information content (AvgIpc) is 2.89. The maximum Gasteiger partial charge on any atom is 0.306 e. The molecule has 0 aliphatic carbocycles. The molecule has 0 rings (SSSR count). The number of carbonyl (C=O) groups excluding carboxylic acids is 2. The summed E-state index contributed by atoms with van der Waals surface area (Å²) in [5, 5.41) is 0. The molecule has 0 aromatic rings. The summed E-state index contributed by atoms with van der Waals surface area (Å²) in [5.74, 6) is 1.20. The molecule has 0 spiro atoms. The van der Waals surface area contributed by atoms with Crippen molar-refractivity contribution in [1.29, 1.82) is 0 Å². The first-order valence-corrected chi connectivity index (χ1v) is 17.2. The number of hydrogen-bond donors (Lipinski definition) is 0. The summed E-state index contributed by atoms with van der Waals surface area (Å²) in [6.07, 6.45) is 29.4. The van der Waals surface area contributed by atoms with Crippen molar-refractivity contribution in [2.24, 2.45) is 0 Å². The van der Waals surface area contributed by atoms with Crippen LogP contribution >= 0.6 is 11.8 Å². The van der Waals surface area contributed by atoms with Crippen LogP contribution in [-0.2, 0) is 19.1 Å². The van der Waals surface area contributed by atoms with Gasteiger partial charge >= 0.3 is 11.9 Å². The van der Waals surface area contributed by atoms with Gasteiger partial charge < -0.3 is 9.47 Å². The molecule has 0 amide bonds. The molecular weight excluding hydrogens is 492 g/mol. The molecule has 0 aromatic heterocycles. The van der Waals surface area contributed by atoms with Crippen molar-refractivity contribution < 1.29 is 19.1 Å². The molecule has 0 radical (unpaired) electrons. The second kappa shape index (κ2) is 34.3. The smallest absolute Gasteiger partial charge is 0.306 e. The van der Waals surface area contributed by atoms with E-state index in [2.05, 4.69) is 13.8 Å². The van der Waals surface area contributed by atoms with Crippen LogP contribution in [0.15, 0.2) is 0 Å². The Balaban J connectivity index is 0. The van der Waals surface area contributed by atoms with Crippen molar-refractivity contribution in [3.05, 3.63) is 0 Å². The third-order valence-electron chi connectivity index (χ3n) is 6.92. The van der Waals surface area contributed by atoms with Gasteiger partial charge in [0.05, 0.1) is 26.1 Å². The first-order valence-electron chi connectivity index (χ1n) is 16.1. The van der Waals surface area contributed by atoms with E-state index in [9.17, 15) is 9.59 Å². The van der Waals surface area contributed by atoms with Gasteiger partial charge in [-0.1, -0.05) is 150 Å². The number of ether oxygens (including phenoxy) is 2. The Morgan fingerprint density at radius 3 is 1.00 bits per heavy atom. The van der Waals surface area contributed by atoms with E-state index in [1.165, 1.54) is 116 Å². The molecule has 5 heteroatoms. The maximum atomic E-state index is 11.8. The van der Waals surface area contributed by atoms with Gasteiger partial charge in [0.2, 0.25) is 0 Å². The topological polar surface area (TPSA) is 52.6 Å². The number of unbranched alkanes of at least 4 members (excludes halogenated alkanes) is 20. The summed E-state index contributed by atoms with van der Waals surface area (Å²) in [7, 11) is 0. The van der Waals surface area contributed by atoms with Crippen molar-refractivity contribution in [3.8, 4) is 0 Å². The van der Waals surface area contributed by atoms with Crippen molar-refractivity contribution in [1.82, 2.24) is 0 Å². The Hall–Kier alpha value is -0.710. The maximum absolute atomic E-state index is 11.8. The number of carbonyl (C=O) groups is 2. The minimum absolute atomic E-state index is 0. The lowest BCUT2D eigenvalue weighted by molar-refractivity contribution is -0.144. The first kappa shape index (κ1) is 39.4. The monoisotopic (exact) mass is 558 g/mol. The van der Waals surface area contributed by atoms with Gasteiger partial charge in [0, 0.05) is 11.5 Å². The van der Waals surface area contributed by atoms with Crippen molar-refractivity contribution in [2.45, 2.75) is 175 Å². The molecule has 0 saturated heterocycles. The first-order chi connectivity index (χ1) is 18.2. The summed E-state index contributed by atoms with van der Waals surface area (Å²) in [4.78, 5) is 23.7. The fourth-order valence-corrected chi connectivity index (χ4v) is 5.29. The average molecular weight is 559 g/mol. The fourth-order valence-electron chi connectivity index (χ4n) is 4.46. The minimum Gasteiger partial charge on any atom is -0.466 e. The molecule has 0 bridgehead atoms. The highest BCUT2D eigenvalue weighted by Crippen LogP contribution is 2.13. The lowest BCUT2D eigenvalue weighted by Gasteiger charge is -2.06. The van der Waals surface area contributed by atoms with Crippen LogP contribution in [0.3, 0.4) is 0 Å². The van der Waals surface area contributed by atoms with E-state index in [0.717, 1.165) is 25.7 Å². The molecule has 0 aliphatic heterocycles. The quantitative estimate of drug-likeness (QED) is 0.0648. The van der Waals surface area contributed by atoms with Crippen LogP contribution in [0.1, 0.15) is 175 Å². The molecule has 0 heterocycles. The van der Waals surface area contributed by atoms with Crippen LogP contribution in [0.25, 0.3) is 0 Å². The van der Waals surface area contributed by atoms with Gasteiger partial charge in [0.15, 0.2) is 0 Å². The van der Waals surface area contributed by atoms with Crippen molar-refractivity contribution >= 4 is 23.7 Å². The van der Waals surface area contributed by atoms with Crippen LogP contribution in [0, 0.1) is 0 Å². The molecule has 0 aliphatic rings. The zero-order valence-electron chi connectivity index (χ0n) is 24.8. The van der Waals surface area contributed by atoms with E-state index < -0.39 is 0 Å². The van der Waals surface area contributed by atoms with E-state index in [1.54, 1.807) is 11.8 Å². The summed E-state index contributed by atoms with van der Waals surface area (Å²) in [5.41, 5.74) is 0. The van der Waals surface area contributed by atoms with E-state index in [1.807, 2.05) is 0 Å². The number of rotatable bonds is 30. The van der Waals surface area contributed by atoms with Crippen LogP contribution in [-0.4, -0.2) is 36.7 Å². The highest BCUT2D eigenvalue weighted by Gasteiger charge is 2.06. The van der Waals surface area contributed by atoms with Crippen molar-refractivity contribution in [2.75, 3.05) is 24.7 Å². The molecule has 0 saturated carbocycles. The normalized spacial score (nSPS) is 10.8. The summed E-state index contributed by atoms with van der Waals surface area (Å²) >= 11 is 1.63. The van der Waals surface area contributed by atoms with Gasteiger partial charge in [-0.3, -0.25) is 9.59 Å². The van der Waals surface area contributed by atoms with Crippen molar-refractivity contribution in [3.63, 3.8) is 0 Å². The lowest BCUT2D eigenvalue weighted by Crippen LogP contribution is -2.09. The second-order valence-corrected chi connectivity index (χ2v) is 11.8. The Labute approximate surface area is 242 Å². The lowest BCUT2D eigenvalue weighted by atomic mass is 10.1. The van der Waals surface area contributed by atoms with E-state index in [0.29, 0.717) is 37.6 Å². The Morgan fingerprint density at radius 1 is 0.447 bits per heavy atom. The summed E-state index contributed by atoms with van der Waals surface area (Å²) < 4.78 is 10.7. The third kappa shape index (κ3) is 33.3. The number of esters is 2. The van der Waals surface area contributed by atoms with Gasteiger partial charge in [-0.05, 0) is 12.8 Å². The molecule has 228 valence electrons. The zero-order valence-corrected chi connectivity index (χ0v) is 25.7. The standard InChI is InChI=1S/C32H62O4S.CH4/c1-3-5-7-9-11-13-15-17-19-21-23-27-35-31(33)25-29-37-30-26-32(34)36-28-24-22-20-18-16-14-12-10-8-6-4-2;/h3-30H2,1-2H3;1H4. The van der Waals surface area contributed by atoms with Gasteiger partial charge in [0.25, 0.3) is 0 Å². The zero-order chi connectivity index (χ0) is 27.1. The molecular formula is C33H66O4S.